The Labute approximate surface area is 98.4 Å². The van der Waals surface area contributed by atoms with E-state index in [1.165, 1.54) is 12.1 Å². The van der Waals surface area contributed by atoms with Crippen LogP contribution in [-0.4, -0.2) is 23.7 Å². The van der Waals surface area contributed by atoms with Gasteiger partial charge in [-0.25, -0.2) is 4.39 Å². The second-order valence-corrected chi connectivity index (χ2v) is 4.05. The molecule has 2 rings (SSSR count). The van der Waals surface area contributed by atoms with Gasteiger partial charge in [-0.15, -0.1) is 0 Å². The number of hydrogen-bond donors (Lipinski definition) is 2. The van der Waals surface area contributed by atoms with Crippen molar-refractivity contribution < 1.29 is 19.0 Å². The molecule has 0 radical (unpaired) electrons. The number of anilines is 1. The van der Waals surface area contributed by atoms with E-state index in [0.717, 1.165) is 18.9 Å². The molecule has 17 heavy (non-hydrogen) atoms. The fourth-order valence-electron chi connectivity index (χ4n) is 1.81. The van der Waals surface area contributed by atoms with E-state index >= 15 is 0 Å². The lowest BCUT2D eigenvalue weighted by atomic mass is 10.1. The SMILES string of the molecule is O=C(CC1CCCO1)Nc1ccc(O)c(F)c1. The number of aromatic hydroxyl groups is 1. The van der Waals surface area contributed by atoms with Gasteiger partial charge >= 0.3 is 0 Å². The summed E-state index contributed by atoms with van der Waals surface area (Å²) in [7, 11) is 0. The standard InChI is InChI=1S/C12H14FNO3/c13-10-6-8(3-4-11(10)15)14-12(16)7-9-2-1-5-17-9/h3-4,6,9,15H,1-2,5,7H2,(H,14,16). The van der Waals surface area contributed by atoms with Gasteiger partial charge in [0.1, 0.15) is 0 Å². The maximum Gasteiger partial charge on any atom is 0.226 e. The normalized spacial score (nSPS) is 19.2. The van der Waals surface area contributed by atoms with Crippen molar-refractivity contribution in [2.24, 2.45) is 0 Å². The van der Waals surface area contributed by atoms with Gasteiger partial charge in [-0.2, -0.15) is 0 Å². The van der Waals surface area contributed by atoms with Crippen LogP contribution in [0.25, 0.3) is 0 Å². The predicted molar refractivity (Wildman–Crippen MR) is 60.3 cm³/mol. The van der Waals surface area contributed by atoms with Crippen LogP contribution in [-0.2, 0) is 9.53 Å². The lowest BCUT2D eigenvalue weighted by Crippen LogP contribution is -2.19. The third kappa shape index (κ3) is 3.17. The number of hydrogen-bond acceptors (Lipinski definition) is 3. The number of benzene rings is 1. The molecule has 1 atom stereocenters. The molecule has 1 amide bonds. The molecule has 1 aliphatic heterocycles. The van der Waals surface area contributed by atoms with Gasteiger partial charge in [-0.1, -0.05) is 0 Å². The minimum absolute atomic E-state index is 0.0306. The molecule has 1 unspecified atom stereocenters. The highest BCUT2D eigenvalue weighted by Crippen LogP contribution is 2.20. The van der Waals surface area contributed by atoms with E-state index in [1.54, 1.807) is 0 Å². The zero-order valence-corrected chi connectivity index (χ0v) is 9.28. The molecule has 2 N–H and O–H groups in total. The van der Waals surface area contributed by atoms with Gasteiger partial charge in [-0.3, -0.25) is 4.79 Å². The fourth-order valence-corrected chi connectivity index (χ4v) is 1.81. The molecule has 0 aliphatic carbocycles. The zero-order valence-electron chi connectivity index (χ0n) is 9.28. The van der Waals surface area contributed by atoms with Crippen LogP contribution in [0.4, 0.5) is 10.1 Å². The van der Waals surface area contributed by atoms with Crippen molar-refractivity contribution >= 4 is 11.6 Å². The van der Waals surface area contributed by atoms with Crippen molar-refractivity contribution in [2.75, 3.05) is 11.9 Å². The monoisotopic (exact) mass is 239 g/mol. The number of nitrogens with one attached hydrogen (secondary N) is 1. The van der Waals surface area contributed by atoms with Gasteiger partial charge in [0.25, 0.3) is 0 Å². The summed E-state index contributed by atoms with van der Waals surface area (Å²) in [6.07, 6.45) is 2.11. The smallest absolute Gasteiger partial charge is 0.226 e. The third-order valence-electron chi connectivity index (χ3n) is 2.67. The summed E-state index contributed by atoms with van der Waals surface area (Å²) < 4.78 is 18.3. The molecule has 92 valence electrons. The van der Waals surface area contributed by atoms with Gasteiger partial charge < -0.3 is 15.2 Å². The van der Waals surface area contributed by atoms with E-state index in [1.807, 2.05) is 0 Å². The van der Waals surface area contributed by atoms with Crippen LogP contribution in [0.5, 0.6) is 5.75 Å². The van der Waals surface area contributed by atoms with E-state index in [4.69, 9.17) is 9.84 Å². The van der Waals surface area contributed by atoms with Crippen molar-refractivity contribution in [1.82, 2.24) is 0 Å². The number of ether oxygens (including phenoxy) is 1. The minimum Gasteiger partial charge on any atom is -0.505 e. The second-order valence-electron chi connectivity index (χ2n) is 4.05. The highest BCUT2D eigenvalue weighted by molar-refractivity contribution is 5.91. The molecule has 0 saturated carbocycles. The number of phenolic OH excluding ortho intramolecular Hbond substituents is 1. The maximum absolute atomic E-state index is 13.0. The van der Waals surface area contributed by atoms with Gasteiger partial charge in [-0.05, 0) is 25.0 Å². The van der Waals surface area contributed by atoms with E-state index in [-0.39, 0.29) is 18.4 Å². The van der Waals surface area contributed by atoms with Crippen LogP contribution in [0.1, 0.15) is 19.3 Å². The molecule has 1 aromatic rings. The first-order valence-corrected chi connectivity index (χ1v) is 5.55. The topological polar surface area (TPSA) is 58.6 Å². The van der Waals surface area contributed by atoms with E-state index in [0.29, 0.717) is 12.3 Å². The Balaban J connectivity index is 1.90. The van der Waals surface area contributed by atoms with Gasteiger partial charge in [0.05, 0.1) is 12.5 Å². The van der Waals surface area contributed by atoms with E-state index in [9.17, 15) is 9.18 Å². The Morgan fingerprint density at radius 1 is 1.59 bits per heavy atom. The first-order valence-electron chi connectivity index (χ1n) is 5.55. The second kappa shape index (κ2) is 5.14. The molecule has 1 aromatic carbocycles. The summed E-state index contributed by atoms with van der Waals surface area (Å²) in [5.41, 5.74) is 0.336. The predicted octanol–water partition coefficient (Wildman–Crippen LogP) is 2.04. The highest BCUT2D eigenvalue weighted by Gasteiger charge is 2.19. The number of phenols is 1. The zero-order chi connectivity index (χ0) is 12.3. The average molecular weight is 239 g/mol. The molecule has 5 heteroatoms. The molecular weight excluding hydrogens is 225 g/mol. The van der Waals surface area contributed by atoms with Crippen LogP contribution in [0.2, 0.25) is 0 Å². The molecule has 4 nitrogen and oxygen atoms in total. The summed E-state index contributed by atoms with van der Waals surface area (Å²) >= 11 is 0. The van der Waals surface area contributed by atoms with Crippen LogP contribution >= 0.6 is 0 Å². The van der Waals surface area contributed by atoms with Gasteiger partial charge in [0.2, 0.25) is 5.91 Å². The van der Waals surface area contributed by atoms with Crippen molar-refractivity contribution in [2.45, 2.75) is 25.4 Å². The van der Waals surface area contributed by atoms with Crippen molar-refractivity contribution in [1.29, 1.82) is 0 Å². The van der Waals surface area contributed by atoms with Crippen molar-refractivity contribution in [3.05, 3.63) is 24.0 Å². The molecule has 1 aliphatic rings. The molecule has 1 heterocycles. The Kier molecular flexibility index (Phi) is 3.58. The largest absolute Gasteiger partial charge is 0.505 e. The summed E-state index contributed by atoms with van der Waals surface area (Å²) in [6, 6.07) is 3.74. The van der Waals surface area contributed by atoms with E-state index in [2.05, 4.69) is 5.32 Å². The van der Waals surface area contributed by atoms with Gasteiger partial charge in [0, 0.05) is 18.4 Å². The molecule has 1 saturated heterocycles. The summed E-state index contributed by atoms with van der Waals surface area (Å²) in [4.78, 5) is 11.6. The van der Waals surface area contributed by atoms with E-state index < -0.39 is 11.6 Å². The number of carbonyl (C=O) groups is 1. The lowest BCUT2D eigenvalue weighted by Gasteiger charge is -2.10. The van der Waals surface area contributed by atoms with Crippen LogP contribution < -0.4 is 5.32 Å². The van der Waals surface area contributed by atoms with Crippen LogP contribution in [0.15, 0.2) is 18.2 Å². The Bertz CT molecular complexity index is 416. The number of carbonyl (C=O) groups excluding carboxylic acids is 1. The Morgan fingerprint density at radius 3 is 3.06 bits per heavy atom. The van der Waals surface area contributed by atoms with Crippen LogP contribution in [0.3, 0.4) is 0 Å². The average Bonchev–Trinajstić information content (AvgIpc) is 2.76. The minimum atomic E-state index is -0.750. The van der Waals surface area contributed by atoms with Crippen LogP contribution in [0, 0.1) is 5.82 Å². The number of halogens is 1. The lowest BCUT2D eigenvalue weighted by molar-refractivity contribution is -0.118. The molecule has 0 bridgehead atoms. The highest BCUT2D eigenvalue weighted by atomic mass is 19.1. The summed E-state index contributed by atoms with van der Waals surface area (Å²) in [5.74, 6) is -1.39. The number of rotatable bonds is 3. The summed E-state index contributed by atoms with van der Waals surface area (Å²) in [5, 5.41) is 11.6. The Morgan fingerprint density at radius 2 is 2.41 bits per heavy atom. The quantitative estimate of drug-likeness (QED) is 0.793. The maximum atomic E-state index is 13.0. The Hall–Kier alpha value is -1.62. The molecule has 0 spiro atoms. The molecule has 0 aromatic heterocycles. The van der Waals surface area contributed by atoms with Gasteiger partial charge in [0.15, 0.2) is 11.6 Å². The fraction of sp³-hybridized carbons (Fsp3) is 0.417. The number of amides is 1. The third-order valence-corrected chi connectivity index (χ3v) is 2.67. The first kappa shape index (κ1) is 11.9. The first-order chi connectivity index (χ1) is 8.15. The van der Waals surface area contributed by atoms with Crippen molar-refractivity contribution in [3.8, 4) is 5.75 Å². The summed E-state index contributed by atoms with van der Waals surface area (Å²) in [6.45, 7) is 0.700. The molecular formula is C12H14FNO3. The molecule has 1 fully saturated rings. The van der Waals surface area contributed by atoms with Crippen molar-refractivity contribution in [3.63, 3.8) is 0 Å².